The Bertz CT molecular complexity index is 471. The highest BCUT2D eigenvalue weighted by atomic mass is 35.5. The van der Waals surface area contributed by atoms with Crippen LogP contribution in [-0.4, -0.2) is 32.9 Å². The summed E-state index contributed by atoms with van der Waals surface area (Å²) in [5.41, 5.74) is 0.648. The second-order valence-electron chi connectivity index (χ2n) is 3.93. The fourth-order valence-electron chi connectivity index (χ4n) is 1.41. The van der Waals surface area contributed by atoms with E-state index < -0.39 is 10.0 Å². The van der Waals surface area contributed by atoms with Crippen molar-refractivity contribution in [1.82, 2.24) is 10.0 Å². The molecule has 0 heterocycles. The van der Waals surface area contributed by atoms with E-state index in [1.165, 1.54) is 0 Å². The van der Waals surface area contributed by atoms with Crippen LogP contribution < -0.4 is 10.0 Å². The molecule has 0 unspecified atom stereocenters. The lowest BCUT2D eigenvalue weighted by atomic mass is 10.2. The molecule has 0 saturated heterocycles. The van der Waals surface area contributed by atoms with E-state index in [1.54, 1.807) is 18.2 Å². The fraction of sp³-hybridized carbons (Fsp3) is 0.455. The number of hydrogen-bond acceptors (Lipinski definition) is 4. The number of aromatic hydroxyl groups is 1. The van der Waals surface area contributed by atoms with Crippen LogP contribution in [0.4, 0.5) is 0 Å². The second kappa shape index (κ2) is 6.94. The van der Waals surface area contributed by atoms with E-state index in [2.05, 4.69) is 10.0 Å². The zero-order valence-electron chi connectivity index (χ0n) is 10.1. The Morgan fingerprint density at radius 1 is 1.33 bits per heavy atom. The van der Waals surface area contributed by atoms with Crippen LogP contribution >= 0.6 is 11.6 Å². The molecule has 3 N–H and O–H groups in total. The molecule has 0 aliphatic heterocycles. The molecule has 0 aliphatic rings. The quantitative estimate of drug-likeness (QED) is 0.657. The first kappa shape index (κ1) is 15.2. The molecule has 0 amide bonds. The van der Waals surface area contributed by atoms with Gasteiger partial charge < -0.3 is 10.4 Å². The molecule has 0 fully saturated rings. The van der Waals surface area contributed by atoms with Gasteiger partial charge in [-0.1, -0.05) is 17.7 Å². The van der Waals surface area contributed by atoms with E-state index in [-0.39, 0.29) is 5.75 Å². The van der Waals surface area contributed by atoms with Crippen molar-refractivity contribution in [3.8, 4) is 5.75 Å². The highest BCUT2D eigenvalue weighted by molar-refractivity contribution is 7.88. The Morgan fingerprint density at radius 2 is 2.06 bits per heavy atom. The molecular weight excluding hydrogens is 276 g/mol. The van der Waals surface area contributed by atoms with Gasteiger partial charge in [0.1, 0.15) is 5.75 Å². The summed E-state index contributed by atoms with van der Waals surface area (Å²) in [6.45, 7) is 1.47. The molecule has 0 saturated carbocycles. The Kier molecular flexibility index (Phi) is 5.87. The third kappa shape index (κ3) is 5.68. The monoisotopic (exact) mass is 292 g/mol. The highest BCUT2D eigenvalue weighted by Gasteiger charge is 2.05. The standard InChI is InChI=1S/C11H17ClN2O3S/c1-18(16,17)14-7-3-6-13-8-9-10(12)4-2-5-11(9)15/h2,4-5,13-15H,3,6-8H2,1H3. The molecule has 1 aromatic rings. The third-order valence-corrected chi connectivity index (χ3v) is 3.37. The predicted octanol–water partition coefficient (Wildman–Crippen LogP) is 1.07. The Morgan fingerprint density at radius 3 is 2.67 bits per heavy atom. The number of phenolic OH excluding ortho intramolecular Hbond substituents is 1. The number of phenols is 1. The maximum absolute atomic E-state index is 10.8. The summed E-state index contributed by atoms with van der Waals surface area (Å²) >= 11 is 5.94. The number of benzene rings is 1. The van der Waals surface area contributed by atoms with Gasteiger partial charge in [-0.3, -0.25) is 0 Å². The lowest BCUT2D eigenvalue weighted by molar-refractivity contribution is 0.464. The Labute approximate surface area is 112 Å². The summed E-state index contributed by atoms with van der Waals surface area (Å²) in [6, 6.07) is 4.97. The first-order chi connectivity index (χ1) is 8.40. The number of hydrogen-bond donors (Lipinski definition) is 3. The Hall–Kier alpha value is -0.820. The minimum absolute atomic E-state index is 0.157. The van der Waals surface area contributed by atoms with Gasteiger partial charge in [0.05, 0.1) is 6.26 Å². The van der Waals surface area contributed by atoms with Crippen LogP contribution in [0.2, 0.25) is 5.02 Å². The number of halogens is 1. The molecule has 1 aromatic carbocycles. The molecule has 1 rings (SSSR count). The van der Waals surface area contributed by atoms with Gasteiger partial charge in [-0.25, -0.2) is 13.1 Å². The average molecular weight is 293 g/mol. The van der Waals surface area contributed by atoms with Gasteiger partial charge in [-0.2, -0.15) is 0 Å². The van der Waals surface area contributed by atoms with Gasteiger partial charge in [0, 0.05) is 23.7 Å². The van der Waals surface area contributed by atoms with Gasteiger partial charge in [0.15, 0.2) is 0 Å². The van der Waals surface area contributed by atoms with E-state index >= 15 is 0 Å². The third-order valence-electron chi connectivity index (χ3n) is 2.29. The molecule has 18 heavy (non-hydrogen) atoms. The van der Waals surface area contributed by atoms with Crippen LogP contribution in [0, 0.1) is 0 Å². The van der Waals surface area contributed by atoms with Crippen molar-refractivity contribution in [3.63, 3.8) is 0 Å². The molecule has 5 nitrogen and oxygen atoms in total. The lowest BCUT2D eigenvalue weighted by Gasteiger charge is -2.08. The zero-order valence-corrected chi connectivity index (χ0v) is 11.7. The highest BCUT2D eigenvalue weighted by Crippen LogP contribution is 2.24. The number of rotatable bonds is 7. The van der Waals surface area contributed by atoms with Crippen molar-refractivity contribution in [2.75, 3.05) is 19.3 Å². The molecule has 0 spiro atoms. The summed E-state index contributed by atoms with van der Waals surface area (Å²) in [5.74, 6) is 0.157. The van der Waals surface area contributed by atoms with E-state index in [4.69, 9.17) is 11.6 Å². The maximum Gasteiger partial charge on any atom is 0.208 e. The number of sulfonamides is 1. The van der Waals surface area contributed by atoms with Crippen molar-refractivity contribution in [2.24, 2.45) is 0 Å². The van der Waals surface area contributed by atoms with Crippen molar-refractivity contribution < 1.29 is 13.5 Å². The molecule has 0 atom stereocenters. The van der Waals surface area contributed by atoms with Crippen molar-refractivity contribution in [2.45, 2.75) is 13.0 Å². The second-order valence-corrected chi connectivity index (χ2v) is 6.17. The molecule has 7 heteroatoms. The number of nitrogens with one attached hydrogen (secondary N) is 2. The van der Waals surface area contributed by atoms with Crippen molar-refractivity contribution in [3.05, 3.63) is 28.8 Å². The minimum atomic E-state index is -3.12. The van der Waals surface area contributed by atoms with E-state index in [0.717, 1.165) is 6.26 Å². The zero-order chi connectivity index (χ0) is 13.6. The van der Waals surface area contributed by atoms with Gasteiger partial charge >= 0.3 is 0 Å². The van der Waals surface area contributed by atoms with Crippen LogP contribution in [-0.2, 0) is 16.6 Å². The SMILES string of the molecule is CS(=O)(=O)NCCCNCc1c(O)cccc1Cl. The lowest BCUT2D eigenvalue weighted by Crippen LogP contribution is -2.26. The van der Waals surface area contributed by atoms with Gasteiger partial charge in [0.25, 0.3) is 0 Å². The topological polar surface area (TPSA) is 78.4 Å². The van der Waals surface area contributed by atoms with Gasteiger partial charge in [0.2, 0.25) is 10.0 Å². The molecule has 0 radical (unpaired) electrons. The maximum atomic E-state index is 10.8. The first-order valence-corrected chi connectivity index (χ1v) is 7.79. The van der Waals surface area contributed by atoms with Gasteiger partial charge in [-0.05, 0) is 25.1 Å². The van der Waals surface area contributed by atoms with Crippen LogP contribution in [0.3, 0.4) is 0 Å². The van der Waals surface area contributed by atoms with Crippen LogP contribution in [0.15, 0.2) is 18.2 Å². The molecule has 0 bridgehead atoms. The molecular formula is C11H17ClN2O3S. The van der Waals surface area contributed by atoms with E-state index in [0.29, 0.717) is 36.6 Å². The molecule has 102 valence electrons. The van der Waals surface area contributed by atoms with Crippen molar-refractivity contribution in [1.29, 1.82) is 0 Å². The van der Waals surface area contributed by atoms with Crippen LogP contribution in [0.25, 0.3) is 0 Å². The van der Waals surface area contributed by atoms with Crippen molar-refractivity contribution >= 4 is 21.6 Å². The van der Waals surface area contributed by atoms with Crippen LogP contribution in [0.5, 0.6) is 5.75 Å². The Balaban J connectivity index is 2.26. The minimum Gasteiger partial charge on any atom is -0.508 e. The van der Waals surface area contributed by atoms with Gasteiger partial charge in [-0.15, -0.1) is 0 Å². The fourth-order valence-corrected chi connectivity index (χ4v) is 2.16. The largest absolute Gasteiger partial charge is 0.508 e. The molecule has 0 aromatic heterocycles. The van der Waals surface area contributed by atoms with E-state index in [9.17, 15) is 13.5 Å². The summed E-state index contributed by atoms with van der Waals surface area (Å²) in [6.07, 6.45) is 1.79. The van der Waals surface area contributed by atoms with Crippen LogP contribution in [0.1, 0.15) is 12.0 Å². The summed E-state index contributed by atoms with van der Waals surface area (Å²) < 4.78 is 24.0. The first-order valence-electron chi connectivity index (χ1n) is 5.52. The summed E-state index contributed by atoms with van der Waals surface area (Å²) in [4.78, 5) is 0. The van der Waals surface area contributed by atoms with E-state index in [1.807, 2.05) is 0 Å². The predicted molar refractivity (Wildman–Crippen MR) is 72.3 cm³/mol. The average Bonchev–Trinajstić information content (AvgIpc) is 2.25. The summed E-state index contributed by atoms with van der Waals surface area (Å²) in [5, 5.41) is 13.2. The normalized spacial score (nSPS) is 11.7. The molecule has 0 aliphatic carbocycles. The summed E-state index contributed by atoms with van der Waals surface area (Å²) in [7, 11) is -3.12. The smallest absolute Gasteiger partial charge is 0.208 e.